The molecule has 0 saturated heterocycles. The standard InChI is InChI=1S/C14H9ClN2O/c15-11-4-1-3-10(7-11)14-16-8-12-5-2-6-13(9-18)17(12)14/h1-9H. The molecule has 4 heteroatoms. The Labute approximate surface area is 109 Å². The molecule has 0 bridgehead atoms. The molecule has 0 N–H and O–H groups in total. The Morgan fingerprint density at radius 3 is 2.78 bits per heavy atom. The second-order valence-electron chi connectivity index (χ2n) is 3.92. The summed E-state index contributed by atoms with van der Waals surface area (Å²) in [6.07, 6.45) is 2.56. The number of nitrogens with zero attached hydrogens (tertiary/aromatic N) is 2. The lowest BCUT2D eigenvalue weighted by molar-refractivity contribution is 0.111. The minimum absolute atomic E-state index is 0.569. The third-order valence-corrected chi connectivity index (χ3v) is 3.02. The van der Waals surface area contributed by atoms with Gasteiger partial charge in [0.1, 0.15) is 5.82 Å². The number of pyridine rings is 1. The van der Waals surface area contributed by atoms with Gasteiger partial charge in [0.05, 0.1) is 17.4 Å². The van der Waals surface area contributed by atoms with Crippen LogP contribution in [-0.4, -0.2) is 15.7 Å². The quantitative estimate of drug-likeness (QED) is 0.658. The largest absolute Gasteiger partial charge is 0.296 e. The van der Waals surface area contributed by atoms with Crippen LogP contribution in [0.15, 0.2) is 48.7 Å². The molecule has 0 fully saturated rings. The summed E-state index contributed by atoms with van der Waals surface area (Å²) in [6, 6.07) is 12.9. The number of hydrogen-bond donors (Lipinski definition) is 0. The van der Waals surface area contributed by atoms with Gasteiger partial charge in [-0.3, -0.25) is 9.20 Å². The number of aromatic nitrogens is 2. The van der Waals surface area contributed by atoms with Crippen LogP contribution >= 0.6 is 11.6 Å². The number of fused-ring (bicyclic) bond motifs is 1. The number of rotatable bonds is 2. The predicted molar refractivity (Wildman–Crippen MR) is 71.0 cm³/mol. The van der Waals surface area contributed by atoms with E-state index < -0.39 is 0 Å². The fraction of sp³-hybridized carbons (Fsp3) is 0. The SMILES string of the molecule is O=Cc1cccc2cnc(-c3cccc(Cl)c3)n12. The normalized spacial score (nSPS) is 10.7. The second kappa shape index (κ2) is 4.27. The summed E-state index contributed by atoms with van der Waals surface area (Å²) in [5.74, 6) is 0.718. The van der Waals surface area contributed by atoms with Gasteiger partial charge in [-0.15, -0.1) is 0 Å². The Morgan fingerprint density at radius 1 is 1.17 bits per heavy atom. The molecule has 0 spiro atoms. The van der Waals surface area contributed by atoms with Crippen LogP contribution in [0.2, 0.25) is 5.02 Å². The zero-order chi connectivity index (χ0) is 12.5. The predicted octanol–water partition coefficient (Wildman–Crippen LogP) is 3.47. The second-order valence-corrected chi connectivity index (χ2v) is 4.36. The third-order valence-electron chi connectivity index (χ3n) is 2.78. The molecule has 0 radical (unpaired) electrons. The van der Waals surface area contributed by atoms with E-state index in [1.807, 2.05) is 40.8 Å². The highest BCUT2D eigenvalue weighted by Gasteiger charge is 2.09. The van der Waals surface area contributed by atoms with Gasteiger partial charge in [0.25, 0.3) is 0 Å². The highest BCUT2D eigenvalue weighted by Crippen LogP contribution is 2.23. The minimum Gasteiger partial charge on any atom is -0.296 e. The van der Waals surface area contributed by atoms with Gasteiger partial charge in [0.15, 0.2) is 6.29 Å². The Balaban J connectivity index is 2.33. The fourth-order valence-corrected chi connectivity index (χ4v) is 2.19. The number of carbonyl (C=O) groups is 1. The molecule has 88 valence electrons. The van der Waals surface area contributed by atoms with Gasteiger partial charge in [-0.2, -0.15) is 0 Å². The van der Waals surface area contributed by atoms with Gasteiger partial charge in [-0.05, 0) is 24.3 Å². The molecule has 1 aromatic carbocycles. The lowest BCUT2D eigenvalue weighted by Crippen LogP contribution is -1.97. The summed E-state index contributed by atoms with van der Waals surface area (Å²) in [7, 11) is 0. The van der Waals surface area contributed by atoms with Crippen molar-refractivity contribution in [3.8, 4) is 11.4 Å². The van der Waals surface area contributed by atoms with Crippen LogP contribution in [0.4, 0.5) is 0 Å². The molecular weight excluding hydrogens is 248 g/mol. The number of carbonyl (C=O) groups excluding carboxylic acids is 1. The van der Waals surface area contributed by atoms with Crippen LogP contribution < -0.4 is 0 Å². The molecule has 3 aromatic rings. The zero-order valence-corrected chi connectivity index (χ0v) is 10.1. The van der Waals surface area contributed by atoms with Crippen molar-refractivity contribution in [3.63, 3.8) is 0 Å². The topological polar surface area (TPSA) is 34.4 Å². The average molecular weight is 257 g/mol. The summed E-state index contributed by atoms with van der Waals surface area (Å²) >= 11 is 5.98. The third kappa shape index (κ3) is 1.69. The van der Waals surface area contributed by atoms with Crippen LogP contribution in [-0.2, 0) is 0 Å². The molecule has 3 nitrogen and oxygen atoms in total. The van der Waals surface area contributed by atoms with E-state index in [2.05, 4.69) is 4.98 Å². The molecule has 0 aliphatic heterocycles. The van der Waals surface area contributed by atoms with E-state index in [1.165, 1.54) is 0 Å². The molecule has 2 heterocycles. The molecule has 0 saturated carbocycles. The first-order valence-corrected chi connectivity index (χ1v) is 5.85. The van der Waals surface area contributed by atoms with Crippen molar-refractivity contribution in [2.45, 2.75) is 0 Å². The number of hydrogen-bond acceptors (Lipinski definition) is 2. The molecule has 18 heavy (non-hydrogen) atoms. The van der Waals surface area contributed by atoms with E-state index in [0.717, 1.165) is 23.2 Å². The zero-order valence-electron chi connectivity index (χ0n) is 9.38. The monoisotopic (exact) mass is 256 g/mol. The van der Waals surface area contributed by atoms with Crippen molar-refractivity contribution in [1.82, 2.24) is 9.38 Å². The van der Waals surface area contributed by atoms with Gasteiger partial charge < -0.3 is 0 Å². The van der Waals surface area contributed by atoms with Crippen molar-refractivity contribution < 1.29 is 4.79 Å². The van der Waals surface area contributed by atoms with Crippen molar-refractivity contribution in [2.75, 3.05) is 0 Å². The lowest BCUT2D eigenvalue weighted by atomic mass is 10.2. The van der Waals surface area contributed by atoms with Gasteiger partial charge in [-0.25, -0.2) is 4.98 Å². The van der Waals surface area contributed by atoms with E-state index >= 15 is 0 Å². The molecule has 0 amide bonds. The maximum Gasteiger partial charge on any atom is 0.166 e. The molecule has 0 atom stereocenters. The maximum atomic E-state index is 11.1. The van der Waals surface area contributed by atoms with E-state index in [9.17, 15) is 4.79 Å². The molecule has 0 unspecified atom stereocenters. The van der Waals surface area contributed by atoms with E-state index in [-0.39, 0.29) is 0 Å². The Hall–Kier alpha value is -2.13. The summed E-state index contributed by atoms with van der Waals surface area (Å²) in [5.41, 5.74) is 2.34. The molecule has 0 aliphatic rings. The van der Waals surface area contributed by atoms with E-state index in [1.54, 1.807) is 12.3 Å². The Bertz CT molecular complexity index is 733. The summed E-state index contributed by atoms with van der Waals surface area (Å²) in [4.78, 5) is 15.5. The van der Waals surface area contributed by atoms with Crippen LogP contribution in [0.5, 0.6) is 0 Å². The van der Waals surface area contributed by atoms with Crippen LogP contribution in [0.25, 0.3) is 16.9 Å². The molecule has 0 aliphatic carbocycles. The highest BCUT2D eigenvalue weighted by molar-refractivity contribution is 6.30. The summed E-state index contributed by atoms with van der Waals surface area (Å²) < 4.78 is 1.82. The Kier molecular flexibility index (Phi) is 2.61. The van der Waals surface area contributed by atoms with Crippen LogP contribution in [0, 0.1) is 0 Å². The van der Waals surface area contributed by atoms with Crippen LogP contribution in [0.3, 0.4) is 0 Å². The lowest BCUT2D eigenvalue weighted by Gasteiger charge is -2.04. The summed E-state index contributed by atoms with van der Waals surface area (Å²) in [6.45, 7) is 0. The number of halogens is 1. The van der Waals surface area contributed by atoms with Crippen molar-refractivity contribution >= 4 is 23.4 Å². The van der Waals surface area contributed by atoms with Crippen molar-refractivity contribution in [1.29, 1.82) is 0 Å². The minimum atomic E-state index is 0.569. The maximum absolute atomic E-state index is 11.1. The molecular formula is C14H9ClN2O. The van der Waals surface area contributed by atoms with Gasteiger partial charge in [0.2, 0.25) is 0 Å². The van der Waals surface area contributed by atoms with Gasteiger partial charge in [0, 0.05) is 10.6 Å². The van der Waals surface area contributed by atoms with E-state index in [4.69, 9.17) is 11.6 Å². The number of imidazole rings is 1. The molecule has 2 aromatic heterocycles. The smallest absolute Gasteiger partial charge is 0.166 e. The fourth-order valence-electron chi connectivity index (χ4n) is 2.00. The van der Waals surface area contributed by atoms with E-state index in [0.29, 0.717) is 10.7 Å². The highest BCUT2D eigenvalue weighted by atomic mass is 35.5. The van der Waals surface area contributed by atoms with Gasteiger partial charge in [-0.1, -0.05) is 29.8 Å². The average Bonchev–Trinajstić information content (AvgIpc) is 2.82. The first-order valence-electron chi connectivity index (χ1n) is 5.47. The first-order chi connectivity index (χ1) is 8.79. The van der Waals surface area contributed by atoms with Crippen LogP contribution in [0.1, 0.15) is 10.5 Å². The van der Waals surface area contributed by atoms with Crippen molar-refractivity contribution in [3.05, 3.63) is 59.4 Å². The Morgan fingerprint density at radius 2 is 2.00 bits per heavy atom. The summed E-state index contributed by atoms with van der Waals surface area (Å²) in [5, 5.41) is 0.646. The number of benzene rings is 1. The first kappa shape index (κ1) is 11.0. The number of aldehydes is 1. The van der Waals surface area contributed by atoms with Gasteiger partial charge >= 0.3 is 0 Å². The van der Waals surface area contributed by atoms with Crippen molar-refractivity contribution in [2.24, 2.45) is 0 Å². The molecule has 3 rings (SSSR count).